The van der Waals surface area contributed by atoms with Crippen LogP contribution >= 0.6 is 0 Å². The van der Waals surface area contributed by atoms with Gasteiger partial charge in [0.1, 0.15) is 5.75 Å². The smallest absolute Gasteiger partial charge is 0.416 e. The molecule has 0 amide bonds. The number of hydrogen-bond acceptors (Lipinski definition) is 3. The molecule has 2 rings (SSSR count). The number of nitrogens with zero attached hydrogens (tertiary/aromatic N) is 1. The third-order valence-electron chi connectivity index (χ3n) is 4.33. The van der Waals surface area contributed by atoms with Crippen LogP contribution in [0.25, 0.3) is 0 Å². The number of hydrogen-bond donors (Lipinski definition) is 0. The van der Waals surface area contributed by atoms with E-state index in [1.54, 1.807) is 31.2 Å². The van der Waals surface area contributed by atoms with Crippen molar-refractivity contribution in [2.75, 3.05) is 14.2 Å². The van der Waals surface area contributed by atoms with Gasteiger partial charge in [0.25, 0.3) is 0 Å². The van der Waals surface area contributed by atoms with Crippen molar-refractivity contribution in [3.63, 3.8) is 0 Å². The molecule has 0 saturated carbocycles. The highest BCUT2D eigenvalue weighted by Crippen LogP contribution is 2.35. The fourth-order valence-electron chi connectivity index (χ4n) is 2.65. The van der Waals surface area contributed by atoms with Gasteiger partial charge in [0.05, 0.1) is 23.6 Å². The lowest BCUT2D eigenvalue weighted by atomic mass is 10.1. The number of methoxy groups -OCH3 is 1. The Labute approximate surface area is 151 Å². The summed E-state index contributed by atoms with van der Waals surface area (Å²) in [5.74, 6) is 0.502. The molecule has 0 aliphatic heterocycles. The Balaban J connectivity index is 2.47. The summed E-state index contributed by atoms with van der Waals surface area (Å²) in [6.07, 6.45) is -4.62. The molecule has 0 fully saturated rings. The summed E-state index contributed by atoms with van der Waals surface area (Å²) in [6.45, 7) is 2.94. The molecule has 0 aliphatic rings. The van der Waals surface area contributed by atoms with Crippen molar-refractivity contribution >= 4 is 10.0 Å². The second kappa shape index (κ2) is 7.28. The molecule has 0 N–H and O–H groups in total. The van der Waals surface area contributed by atoms with Gasteiger partial charge in [-0.2, -0.15) is 17.5 Å². The minimum Gasteiger partial charge on any atom is -0.496 e. The normalized spacial score (nSPS) is 13.7. The number of rotatable bonds is 5. The Morgan fingerprint density at radius 3 is 2.31 bits per heavy atom. The Morgan fingerprint density at radius 1 is 1.12 bits per heavy atom. The Morgan fingerprint density at radius 2 is 1.73 bits per heavy atom. The maximum absolute atomic E-state index is 13.1. The van der Waals surface area contributed by atoms with E-state index in [0.717, 1.165) is 10.4 Å². The van der Waals surface area contributed by atoms with E-state index >= 15 is 0 Å². The van der Waals surface area contributed by atoms with Crippen LogP contribution in [0.2, 0.25) is 0 Å². The highest BCUT2D eigenvalue weighted by molar-refractivity contribution is 7.89. The third kappa shape index (κ3) is 3.86. The molecule has 0 radical (unpaired) electrons. The maximum Gasteiger partial charge on any atom is 0.416 e. The lowest BCUT2D eigenvalue weighted by molar-refractivity contribution is -0.138. The van der Waals surface area contributed by atoms with E-state index < -0.39 is 32.7 Å². The molecule has 0 aliphatic carbocycles. The van der Waals surface area contributed by atoms with Crippen LogP contribution in [0, 0.1) is 6.92 Å². The zero-order chi connectivity index (χ0) is 19.7. The molecule has 1 atom stereocenters. The number of benzene rings is 2. The Kier molecular flexibility index (Phi) is 5.67. The number of para-hydroxylation sites is 1. The van der Waals surface area contributed by atoms with Gasteiger partial charge in [-0.1, -0.05) is 24.3 Å². The number of ether oxygens (including phenoxy) is 1. The fraction of sp³-hybridized carbons (Fsp3) is 0.333. The molecule has 26 heavy (non-hydrogen) atoms. The molecule has 1 unspecified atom stereocenters. The van der Waals surface area contributed by atoms with Crippen LogP contribution in [-0.4, -0.2) is 26.9 Å². The van der Waals surface area contributed by atoms with Crippen molar-refractivity contribution in [2.45, 2.75) is 31.0 Å². The molecular weight excluding hydrogens is 367 g/mol. The zero-order valence-corrected chi connectivity index (χ0v) is 15.6. The number of alkyl halides is 3. The SMILES string of the molecule is COc1ccccc1C(C)N(C)S(=O)(=O)c1ccc(C)c(C(F)(F)F)c1. The highest BCUT2D eigenvalue weighted by Gasteiger charge is 2.35. The zero-order valence-electron chi connectivity index (χ0n) is 14.8. The lowest BCUT2D eigenvalue weighted by Crippen LogP contribution is -2.30. The third-order valence-corrected chi connectivity index (χ3v) is 6.25. The fourth-order valence-corrected chi connectivity index (χ4v) is 4.02. The summed E-state index contributed by atoms with van der Waals surface area (Å²) >= 11 is 0. The molecule has 0 spiro atoms. The second-order valence-electron chi connectivity index (χ2n) is 5.91. The maximum atomic E-state index is 13.1. The highest BCUT2D eigenvalue weighted by atomic mass is 32.2. The lowest BCUT2D eigenvalue weighted by Gasteiger charge is -2.26. The van der Waals surface area contributed by atoms with Crippen LogP contribution in [0.1, 0.15) is 29.7 Å². The van der Waals surface area contributed by atoms with E-state index in [4.69, 9.17) is 4.74 Å². The van der Waals surface area contributed by atoms with Gasteiger partial charge in [-0.05, 0) is 37.6 Å². The predicted octanol–water partition coefficient (Wildman–Crippen LogP) is 4.40. The standard InChI is InChI=1S/C18H20F3NO3S/c1-12-9-10-14(11-16(12)18(19,20)21)26(23,24)22(3)13(2)15-7-5-6-8-17(15)25-4/h5-11,13H,1-4H3. The quantitative estimate of drug-likeness (QED) is 0.764. The molecule has 142 valence electrons. The van der Waals surface area contributed by atoms with Crippen molar-refractivity contribution in [1.29, 1.82) is 0 Å². The second-order valence-corrected chi connectivity index (χ2v) is 7.91. The first-order valence-electron chi connectivity index (χ1n) is 7.79. The van der Waals surface area contributed by atoms with Crippen molar-refractivity contribution < 1.29 is 26.3 Å². The Bertz CT molecular complexity index is 895. The van der Waals surface area contributed by atoms with Crippen LogP contribution in [0.3, 0.4) is 0 Å². The monoisotopic (exact) mass is 387 g/mol. The van der Waals surface area contributed by atoms with E-state index in [1.807, 2.05) is 0 Å². The van der Waals surface area contributed by atoms with Gasteiger partial charge in [-0.3, -0.25) is 0 Å². The van der Waals surface area contributed by atoms with Gasteiger partial charge in [0.15, 0.2) is 0 Å². The molecule has 0 saturated heterocycles. The summed E-state index contributed by atoms with van der Waals surface area (Å²) in [7, 11) is -1.33. The first-order valence-corrected chi connectivity index (χ1v) is 9.23. The number of halogens is 3. The van der Waals surface area contributed by atoms with Gasteiger partial charge in [0, 0.05) is 12.6 Å². The first kappa shape index (κ1) is 20.3. The van der Waals surface area contributed by atoms with Gasteiger partial charge in [-0.15, -0.1) is 0 Å². The van der Waals surface area contributed by atoms with Crippen LogP contribution in [0.4, 0.5) is 13.2 Å². The Hall–Kier alpha value is -2.06. The van der Waals surface area contributed by atoms with Crippen molar-refractivity contribution in [2.24, 2.45) is 0 Å². The molecular formula is C18H20F3NO3S. The van der Waals surface area contributed by atoms with Crippen molar-refractivity contribution in [3.05, 3.63) is 59.2 Å². The van der Waals surface area contributed by atoms with Gasteiger partial charge < -0.3 is 4.74 Å². The average molecular weight is 387 g/mol. The summed E-state index contributed by atoms with van der Waals surface area (Å²) in [5, 5.41) is 0. The van der Waals surface area contributed by atoms with E-state index in [2.05, 4.69) is 0 Å². The van der Waals surface area contributed by atoms with Gasteiger partial charge in [-0.25, -0.2) is 8.42 Å². The molecule has 0 aromatic heterocycles. The van der Waals surface area contributed by atoms with Crippen LogP contribution in [0.5, 0.6) is 5.75 Å². The molecule has 0 bridgehead atoms. The van der Waals surface area contributed by atoms with Gasteiger partial charge >= 0.3 is 6.18 Å². The van der Waals surface area contributed by atoms with Crippen LogP contribution in [-0.2, 0) is 16.2 Å². The van der Waals surface area contributed by atoms with Crippen LogP contribution in [0.15, 0.2) is 47.4 Å². The van der Waals surface area contributed by atoms with E-state index in [-0.39, 0.29) is 5.56 Å². The predicted molar refractivity (Wildman–Crippen MR) is 92.5 cm³/mol. The molecule has 4 nitrogen and oxygen atoms in total. The van der Waals surface area contributed by atoms with Crippen LogP contribution < -0.4 is 4.74 Å². The molecule has 2 aromatic rings. The number of sulfonamides is 1. The molecule has 8 heteroatoms. The largest absolute Gasteiger partial charge is 0.496 e. The van der Waals surface area contributed by atoms with Gasteiger partial charge in [0.2, 0.25) is 10.0 Å². The van der Waals surface area contributed by atoms with Crippen molar-refractivity contribution in [3.8, 4) is 5.75 Å². The number of aryl methyl sites for hydroxylation is 1. The average Bonchev–Trinajstić information content (AvgIpc) is 2.59. The van der Waals surface area contributed by atoms with E-state index in [1.165, 1.54) is 27.1 Å². The van der Waals surface area contributed by atoms with Crippen molar-refractivity contribution in [1.82, 2.24) is 4.31 Å². The first-order chi connectivity index (χ1) is 12.0. The topological polar surface area (TPSA) is 46.6 Å². The van der Waals surface area contributed by atoms with E-state index in [0.29, 0.717) is 17.4 Å². The molecule has 2 aromatic carbocycles. The molecule has 0 heterocycles. The minimum absolute atomic E-state index is 0.0307. The summed E-state index contributed by atoms with van der Waals surface area (Å²) in [6, 6.07) is 9.29. The van der Waals surface area contributed by atoms with E-state index in [9.17, 15) is 21.6 Å². The summed E-state index contributed by atoms with van der Waals surface area (Å²) < 4.78 is 71.3. The minimum atomic E-state index is -4.62. The summed E-state index contributed by atoms with van der Waals surface area (Å²) in [5.41, 5.74) is -0.377. The summed E-state index contributed by atoms with van der Waals surface area (Å²) in [4.78, 5) is -0.403.